The predicted molar refractivity (Wildman–Crippen MR) is 127 cm³/mol. The van der Waals surface area contributed by atoms with Crippen molar-refractivity contribution >= 4 is 27.6 Å². The Hall–Kier alpha value is -2.66. The summed E-state index contributed by atoms with van der Waals surface area (Å²) in [6.45, 7) is 0.227. The highest BCUT2D eigenvalue weighted by Gasteiger charge is 2.34. The molecule has 5 rings (SSSR count). The van der Waals surface area contributed by atoms with E-state index in [1.54, 1.807) is 25.2 Å². The highest BCUT2D eigenvalue weighted by molar-refractivity contribution is 7.91. The zero-order chi connectivity index (χ0) is 24.0. The number of nitrogens with zero attached hydrogens (tertiary/aromatic N) is 5. The first-order valence-corrected chi connectivity index (χ1v) is 13.2. The van der Waals surface area contributed by atoms with Gasteiger partial charge in [-0.1, -0.05) is 6.07 Å². The van der Waals surface area contributed by atoms with Crippen LogP contribution in [0.1, 0.15) is 41.5 Å². The van der Waals surface area contributed by atoms with E-state index in [2.05, 4.69) is 20.9 Å². The van der Waals surface area contributed by atoms with E-state index in [0.29, 0.717) is 0 Å². The molecule has 0 spiro atoms. The van der Waals surface area contributed by atoms with Crippen molar-refractivity contribution in [1.82, 2.24) is 14.7 Å². The van der Waals surface area contributed by atoms with Gasteiger partial charge in [-0.25, -0.2) is 8.70 Å². The van der Waals surface area contributed by atoms with Crippen LogP contribution in [0, 0.1) is 0 Å². The lowest BCUT2D eigenvalue weighted by Gasteiger charge is -2.28. The molecule has 1 fully saturated rings. The van der Waals surface area contributed by atoms with Crippen LogP contribution in [0.4, 0.5) is 15.8 Å². The first-order chi connectivity index (χ1) is 16.2. The van der Waals surface area contributed by atoms with Crippen molar-refractivity contribution in [2.45, 2.75) is 57.2 Å². The summed E-state index contributed by atoms with van der Waals surface area (Å²) in [7, 11) is -0.957. The number of halogens is 1. The summed E-state index contributed by atoms with van der Waals surface area (Å²) in [5.74, 6) is 0. The normalized spacial score (nSPS) is 22.7. The molecule has 2 aliphatic carbocycles. The molecular formula is C23H30FN6O3S-. The minimum absolute atomic E-state index is 0.0160. The fourth-order valence-electron chi connectivity index (χ4n) is 5.54. The van der Waals surface area contributed by atoms with Crippen molar-refractivity contribution in [2.24, 2.45) is 11.4 Å². The van der Waals surface area contributed by atoms with Crippen LogP contribution in [-0.2, 0) is 42.9 Å². The average Bonchev–Trinajstić information content (AvgIpc) is 3.53. The Morgan fingerprint density at radius 3 is 2.47 bits per heavy atom. The van der Waals surface area contributed by atoms with Gasteiger partial charge in [0.05, 0.1) is 24.5 Å². The van der Waals surface area contributed by atoms with Crippen LogP contribution in [0.5, 0.6) is 0 Å². The summed E-state index contributed by atoms with van der Waals surface area (Å²) in [6.07, 6.45) is 7.88. The van der Waals surface area contributed by atoms with Gasteiger partial charge >= 0.3 is 10.2 Å². The van der Waals surface area contributed by atoms with Crippen molar-refractivity contribution in [2.75, 3.05) is 29.8 Å². The Morgan fingerprint density at radius 2 is 1.91 bits per heavy atom. The summed E-state index contributed by atoms with van der Waals surface area (Å²) in [6, 6.07) is 1.00. The van der Waals surface area contributed by atoms with Crippen LogP contribution in [0.15, 0.2) is 22.9 Å². The lowest BCUT2D eigenvalue weighted by molar-refractivity contribution is -0.213. The van der Waals surface area contributed by atoms with E-state index >= 15 is 0 Å². The molecule has 0 radical (unpaired) electrons. The second-order valence-electron chi connectivity index (χ2n) is 9.56. The van der Waals surface area contributed by atoms with Gasteiger partial charge in [-0.3, -0.25) is 9.58 Å². The minimum atomic E-state index is -4.39. The molecule has 1 saturated heterocycles. The molecule has 0 unspecified atom stereocenters. The lowest BCUT2D eigenvalue weighted by atomic mass is 9.99. The van der Waals surface area contributed by atoms with E-state index in [-0.39, 0.29) is 31.2 Å². The van der Waals surface area contributed by atoms with Crippen LogP contribution in [0.25, 0.3) is 0 Å². The van der Waals surface area contributed by atoms with Gasteiger partial charge in [0, 0.05) is 31.5 Å². The van der Waals surface area contributed by atoms with Gasteiger partial charge < -0.3 is 10.4 Å². The molecule has 2 aromatic rings. The molecule has 1 aromatic carbocycles. The second kappa shape index (κ2) is 8.84. The maximum Gasteiger partial charge on any atom is 0.345 e. The fraction of sp³-hybridized carbons (Fsp3) is 0.565. The summed E-state index contributed by atoms with van der Waals surface area (Å²) in [5.41, 5.74) is 5.72. The second-order valence-corrected chi connectivity index (χ2v) is 11.1. The zero-order valence-electron chi connectivity index (χ0n) is 19.5. The number of rotatable bonds is 6. The third-order valence-corrected chi connectivity index (χ3v) is 8.49. The van der Waals surface area contributed by atoms with E-state index in [1.807, 2.05) is 0 Å². The number of aromatic nitrogens is 2. The number of nitrogens with one attached hydrogen (secondary N) is 1. The number of hydrogen-bond donors (Lipinski definition) is 1. The molecule has 3 aliphatic rings. The van der Waals surface area contributed by atoms with Crippen molar-refractivity contribution in [3.8, 4) is 0 Å². The number of likely N-dealkylation sites (tertiary alicyclic amines) is 1. The molecule has 0 amide bonds. The minimum Gasteiger partial charge on any atom is -0.845 e. The predicted octanol–water partition coefficient (Wildman–Crippen LogP) is 1.32. The highest BCUT2D eigenvalue weighted by Crippen LogP contribution is 2.38. The smallest absolute Gasteiger partial charge is 0.345 e. The SMILES string of the molecule is CN1C[C@H](F)C[C@H]1CN(c1cnn(C)c1)S(=O)(=O)/N=C(\[O-])Nc1c2c(cc3c1CCC3)CCC2. The van der Waals surface area contributed by atoms with E-state index in [9.17, 15) is 17.9 Å². The van der Waals surface area contributed by atoms with Crippen molar-refractivity contribution in [1.29, 1.82) is 0 Å². The Kier molecular flexibility index (Phi) is 6.01. The fourth-order valence-corrected chi connectivity index (χ4v) is 6.61. The van der Waals surface area contributed by atoms with Gasteiger partial charge in [0.25, 0.3) is 0 Å². The maximum absolute atomic E-state index is 13.9. The monoisotopic (exact) mass is 489 g/mol. The topological polar surface area (TPSA) is 106 Å². The molecule has 34 heavy (non-hydrogen) atoms. The number of benzene rings is 1. The number of likely N-dealkylation sites (N-methyl/N-ethyl adjacent to an activating group) is 1. The largest absolute Gasteiger partial charge is 0.845 e. The van der Waals surface area contributed by atoms with Crippen molar-refractivity contribution in [3.05, 3.63) is 40.7 Å². The maximum atomic E-state index is 13.9. The van der Waals surface area contributed by atoms with Crippen molar-refractivity contribution < 1.29 is 17.9 Å². The van der Waals surface area contributed by atoms with Gasteiger partial charge in [-0.15, -0.1) is 4.40 Å². The summed E-state index contributed by atoms with van der Waals surface area (Å²) < 4.78 is 46.8. The molecule has 184 valence electrons. The van der Waals surface area contributed by atoms with Gasteiger partial charge in [0.15, 0.2) is 0 Å². The lowest BCUT2D eigenvalue weighted by Crippen LogP contribution is -2.42. The number of hydrogen-bond acceptors (Lipinski definition) is 5. The first-order valence-electron chi connectivity index (χ1n) is 11.8. The standard InChI is InChI=1S/C23H31FN6O3S/c1-28-12-17(24)10-18(28)14-30(19-11-25-29(2)13-19)34(32,33)27-23(31)26-22-20-7-3-5-15(20)9-16-6-4-8-21(16)22/h9,11,13,17-18H,3-8,10,12,14H2,1-2H3,(H2,26,27,31)/p-1/t17-,18+/m1/s1. The first kappa shape index (κ1) is 23.1. The van der Waals surface area contributed by atoms with E-state index < -0.39 is 22.4 Å². The van der Waals surface area contributed by atoms with Crippen LogP contribution in [0.3, 0.4) is 0 Å². The highest BCUT2D eigenvalue weighted by atomic mass is 32.2. The summed E-state index contributed by atoms with van der Waals surface area (Å²) in [5, 5.41) is 19.8. The van der Waals surface area contributed by atoms with Crippen LogP contribution in [-0.4, -0.2) is 61.5 Å². The Morgan fingerprint density at radius 1 is 1.24 bits per heavy atom. The third kappa shape index (κ3) is 4.38. The molecule has 0 bridgehead atoms. The molecule has 9 nitrogen and oxygen atoms in total. The van der Waals surface area contributed by atoms with E-state index in [0.717, 1.165) is 59.6 Å². The number of aryl methyl sites for hydroxylation is 3. The van der Waals surface area contributed by atoms with Gasteiger partial charge in [0.2, 0.25) is 0 Å². The summed E-state index contributed by atoms with van der Waals surface area (Å²) >= 11 is 0. The Balaban J connectivity index is 1.45. The quantitative estimate of drug-likeness (QED) is 0.485. The van der Waals surface area contributed by atoms with Gasteiger partial charge in [-0.05, 0) is 74.2 Å². The molecular weight excluding hydrogens is 459 g/mol. The molecule has 11 heteroatoms. The van der Waals surface area contributed by atoms with Gasteiger partial charge in [0.1, 0.15) is 6.17 Å². The third-order valence-electron chi connectivity index (χ3n) is 7.17. The summed E-state index contributed by atoms with van der Waals surface area (Å²) in [4.78, 5) is 1.79. The number of anilines is 2. The molecule has 1 aromatic heterocycles. The van der Waals surface area contributed by atoms with Gasteiger partial charge in [-0.2, -0.15) is 13.5 Å². The number of alkyl halides is 1. The number of amidine groups is 1. The molecule has 1 N–H and O–H groups in total. The Bertz CT molecular complexity index is 1200. The zero-order valence-corrected chi connectivity index (χ0v) is 20.3. The van der Waals surface area contributed by atoms with Crippen molar-refractivity contribution in [3.63, 3.8) is 0 Å². The van der Waals surface area contributed by atoms with E-state index in [1.165, 1.54) is 22.0 Å². The van der Waals surface area contributed by atoms with Crippen LogP contribution < -0.4 is 14.7 Å². The Labute approximate surface area is 199 Å². The van der Waals surface area contributed by atoms with Crippen LogP contribution in [0.2, 0.25) is 0 Å². The average molecular weight is 490 g/mol. The molecule has 0 saturated carbocycles. The number of fused-ring (bicyclic) bond motifs is 2. The molecule has 2 heterocycles. The molecule has 2 atom stereocenters. The van der Waals surface area contributed by atoms with Crippen LogP contribution >= 0.6 is 0 Å². The molecule has 1 aliphatic heterocycles. The van der Waals surface area contributed by atoms with E-state index in [4.69, 9.17) is 0 Å².